The highest BCUT2D eigenvalue weighted by molar-refractivity contribution is 6.33. The predicted molar refractivity (Wildman–Crippen MR) is 85.6 cm³/mol. The Morgan fingerprint density at radius 1 is 1.50 bits per heavy atom. The van der Waals surface area contributed by atoms with E-state index in [4.69, 9.17) is 16.8 Å². The molecule has 0 radical (unpaired) electrons. The van der Waals surface area contributed by atoms with E-state index in [0.717, 1.165) is 24.9 Å². The molecular weight excluding hydrogens is 272 g/mol. The van der Waals surface area contributed by atoms with Crippen LogP contribution in [0.1, 0.15) is 57.6 Å². The third kappa shape index (κ3) is 2.64. The Morgan fingerprint density at radius 2 is 2.20 bits per heavy atom. The molecule has 0 fully saturated rings. The maximum atomic E-state index is 8.73. The van der Waals surface area contributed by atoms with Gasteiger partial charge >= 0.3 is 0 Å². The maximum Gasteiger partial charge on any atom is 0.0748 e. The molecule has 1 aromatic rings. The Labute approximate surface area is 126 Å². The normalized spacial score (nSPS) is 21.2. The lowest BCUT2D eigenvalue weighted by Gasteiger charge is -2.47. The van der Waals surface area contributed by atoms with Gasteiger partial charge in [-0.3, -0.25) is 0 Å². The first kappa shape index (κ1) is 15.2. The topological polar surface area (TPSA) is 35.8 Å². The van der Waals surface area contributed by atoms with Crippen molar-refractivity contribution in [3.63, 3.8) is 0 Å². The molecule has 1 aliphatic heterocycles. The third-order valence-electron chi connectivity index (χ3n) is 4.15. The van der Waals surface area contributed by atoms with Crippen molar-refractivity contribution in [2.75, 3.05) is 11.4 Å². The van der Waals surface area contributed by atoms with Gasteiger partial charge in [0.05, 0.1) is 11.2 Å². The molecule has 4 heteroatoms. The second-order valence-corrected chi connectivity index (χ2v) is 6.65. The van der Waals surface area contributed by atoms with Crippen LogP contribution in [-0.4, -0.2) is 23.5 Å². The molecule has 0 amide bonds. The number of benzene rings is 1. The predicted octanol–water partition coefficient (Wildman–Crippen LogP) is 4.65. The van der Waals surface area contributed by atoms with E-state index < -0.39 is 0 Å². The van der Waals surface area contributed by atoms with Crippen LogP contribution in [0.15, 0.2) is 17.3 Å². The second kappa shape index (κ2) is 5.65. The van der Waals surface area contributed by atoms with Crippen molar-refractivity contribution in [3.05, 3.63) is 28.3 Å². The summed E-state index contributed by atoms with van der Waals surface area (Å²) in [6.07, 6.45) is 3.62. The zero-order valence-electron chi connectivity index (χ0n) is 12.7. The summed E-state index contributed by atoms with van der Waals surface area (Å²) in [5, 5.41) is 12.5. The van der Waals surface area contributed by atoms with Gasteiger partial charge in [0.25, 0.3) is 0 Å². The molecule has 110 valence electrons. The Morgan fingerprint density at radius 3 is 2.80 bits per heavy atom. The van der Waals surface area contributed by atoms with Gasteiger partial charge in [0.15, 0.2) is 0 Å². The van der Waals surface area contributed by atoms with Crippen LogP contribution in [0.25, 0.3) is 0 Å². The van der Waals surface area contributed by atoms with Gasteiger partial charge < -0.3 is 10.1 Å². The lowest BCUT2D eigenvalue weighted by atomic mass is 9.79. The highest BCUT2D eigenvalue weighted by Gasteiger charge is 2.36. The zero-order valence-corrected chi connectivity index (χ0v) is 13.4. The van der Waals surface area contributed by atoms with E-state index in [2.05, 4.69) is 43.8 Å². The molecular formula is C16H23ClN2O. The fourth-order valence-electron chi connectivity index (χ4n) is 3.33. The van der Waals surface area contributed by atoms with Crippen LogP contribution >= 0.6 is 11.6 Å². The first-order chi connectivity index (χ1) is 9.40. The third-order valence-corrected chi connectivity index (χ3v) is 4.48. The highest BCUT2D eigenvalue weighted by Crippen LogP contribution is 2.44. The molecule has 1 aromatic carbocycles. The summed E-state index contributed by atoms with van der Waals surface area (Å²) in [6.45, 7) is 10.1. The molecule has 1 atom stereocenters. The summed E-state index contributed by atoms with van der Waals surface area (Å²) in [5.41, 5.74) is 3.42. The average molecular weight is 295 g/mol. The van der Waals surface area contributed by atoms with Gasteiger partial charge in [0.1, 0.15) is 0 Å². The van der Waals surface area contributed by atoms with E-state index >= 15 is 0 Å². The van der Waals surface area contributed by atoms with E-state index in [9.17, 15) is 0 Å². The SMILES string of the molecule is CCCN1c2cc(Cl)c(C=NO)cc2C(C)CC1(C)C. The van der Waals surface area contributed by atoms with E-state index in [1.54, 1.807) is 0 Å². The van der Waals surface area contributed by atoms with Crippen molar-refractivity contribution in [2.45, 2.75) is 52.0 Å². The van der Waals surface area contributed by atoms with Gasteiger partial charge in [-0.2, -0.15) is 0 Å². The van der Waals surface area contributed by atoms with Crippen molar-refractivity contribution >= 4 is 23.5 Å². The lowest BCUT2D eigenvalue weighted by Crippen LogP contribution is -2.48. The van der Waals surface area contributed by atoms with Crippen LogP contribution in [0.3, 0.4) is 0 Å². The Balaban J connectivity index is 2.57. The molecule has 0 aliphatic carbocycles. The number of halogens is 1. The van der Waals surface area contributed by atoms with Gasteiger partial charge in [0.2, 0.25) is 0 Å². The lowest BCUT2D eigenvalue weighted by molar-refractivity contribution is 0.322. The maximum absolute atomic E-state index is 8.73. The summed E-state index contributed by atoms with van der Waals surface area (Å²) in [6, 6.07) is 4.07. The van der Waals surface area contributed by atoms with Crippen LogP contribution < -0.4 is 4.90 Å². The minimum Gasteiger partial charge on any atom is -0.411 e. The Bertz CT molecular complexity index is 525. The van der Waals surface area contributed by atoms with Gasteiger partial charge in [-0.1, -0.05) is 30.6 Å². The molecule has 0 aromatic heterocycles. The van der Waals surface area contributed by atoms with Crippen LogP contribution in [-0.2, 0) is 0 Å². The first-order valence-electron chi connectivity index (χ1n) is 7.19. The summed E-state index contributed by atoms with van der Waals surface area (Å²) in [4.78, 5) is 2.45. The van der Waals surface area contributed by atoms with Crippen molar-refractivity contribution in [2.24, 2.45) is 5.16 Å². The van der Waals surface area contributed by atoms with Crippen LogP contribution in [0.5, 0.6) is 0 Å². The standard InChI is InChI=1S/C16H23ClN2O/c1-5-6-19-15-8-14(17)12(10-18-20)7-13(15)11(2)9-16(19,3)4/h7-8,10-11,20H,5-6,9H2,1-4H3. The molecule has 20 heavy (non-hydrogen) atoms. The minimum atomic E-state index is 0.137. The van der Waals surface area contributed by atoms with Gasteiger partial charge in [0, 0.05) is 23.3 Å². The molecule has 1 N–H and O–H groups in total. The van der Waals surface area contributed by atoms with Gasteiger partial charge in [-0.05, 0) is 50.3 Å². The van der Waals surface area contributed by atoms with Crippen LogP contribution in [0, 0.1) is 0 Å². The van der Waals surface area contributed by atoms with Crippen LogP contribution in [0.4, 0.5) is 5.69 Å². The van der Waals surface area contributed by atoms with Crippen molar-refractivity contribution in [1.29, 1.82) is 0 Å². The fourth-order valence-corrected chi connectivity index (χ4v) is 3.54. The molecule has 1 heterocycles. The van der Waals surface area contributed by atoms with E-state index in [-0.39, 0.29) is 5.54 Å². The smallest absolute Gasteiger partial charge is 0.0748 e. The number of anilines is 1. The molecule has 2 rings (SSSR count). The minimum absolute atomic E-state index is 0.137. The summed E-state index contributed by atoms with van der Waals surface area (Å²) in [5.74, 6) is 0.469. The highest BCUT2D eigenvalue weighted by atomic mass is 35.5. The molecule has 1 unspecified atom stereocenters. The molecule has 0 saturated heterocycles. The van der Waals surface area contributed by atoms with Crippen molar-refractivity contribution in [3.8, 4) is 0 Å². The molecule has 0 bridgehead atoms. The number of hydrogen-bond donors (Lipinski definition) is 1. The van der Waals surface area contributed by atoms with Crippen molar-refractivity contribution in [1.82, 2.24) is 0 Å². The Kier molecular flexibility index (Phi) is 4.28. The summed E-state index contributed by atoms with van der Waals surface area (Å²) < 4.78 is 0. The summed E-state index contributed by atoms with van der Waals surface area (Å²) in [7, 11) is 0. The number of hydrogen-bond acceptors (Lipinski definition) is 3. The van der Waals surface area contributed by atoms with E-state index in [1.807, 2.05) is 6.07 Å². The number of oxime groups is 1. The van der Waals surface area contributed by atoms with Crippen molar-refractivity contribution < 1.29 is 5.21 Å². The monoisotopic (exact) mass is 294 g/mol. The van der Waals surface area contributed by atoms with Gasteiger partial charge in [-0.25, -0.2) is 0 Å². The average Bonchev–Trinajstić information content (AvgIpc) is 2.36. The van der Waals surface area contributed by atoms with E-state index in [1.165, 1.54) is 17.5 Å². The molecule has 1 aliphatic rings. The zero-order chi connectivity index (χ0) is 14.9. The van der Waals surface area contributed by atoms with Gasteiger partial charge in [-0.15, -0.1) is 0 Å². The quantitative estimate of drug-likeness (QED) is 0.500. The first-order valence-corrected chi connectivity index (χ1v) is 7.57. The molecule has 3 nitrogen and oxygen atoms in total. The fraction of sp³-hybridized carbons (Fsp3) is 0.562. The summed E-state index contributed by atoms with van der Waals surface area (Å²) >= 11 is 6.32. The number of rotatable bonds is 3. The Hall–Kier alpha value is -1.22. The van der Waals surface area contributed by atoms with Crippen LogP contribution in [0.2, 0.25) is 5.02 Å². The largest absolute Gasteiger partial charge is 0.411 e. The van der Waals surface area contributed by atoms with E-state index in [0.29, 0.717) is 10.9 Å². The number of fused-ring (bicyclic) bond motifs is 1. The molecule has 0 saturated carbocycles. The molecule has 0 spiro atoms. The second-order valence-electron chi connectivity index (χ2n) is 6.25. The number of nitrogens with zero attached hydrogens (tertiary/aromatic N) is 2.